The zero-order valence-corrected chi connectivity index (χ0v) is 13.6. The SMILES string of the molecule is O=C1c2ccccc2C(=O)c2cc(N(CC3CO3)CC3CO3)ccc21. The highest BCUT2D eigenvalue weighted by molar-refractivity contribution is 6.28. The second kappa shape index (κ2) is 5.51. The highest BCUT2D eigenvalue weighted by atomic mass is 16.6. The molecule has 5 heteroatoms. The summed E-state index contributed by atoms with van der Waals surface area (Å²) < 4.78 is 10.7. The van der Waals surface area contributed by atoms with E-state index >= 15 is 0 Å². The van der Waals surface area contributed by atoms with Crippen LogP contribution in [0.15, 0.2) is 42.5 Å². The van der Waals surface area contributed by atoms with E-state index in [1.165, 1.54) is 0 Å². The van der Waals surface area contributed by atoms with E-state index in [4.69, 9.17) is 9.47 Å². The number of ketones is 2. The molecule has 25 heavy (non-hydrogen) atoms. The first kappa shape index (κ1) is 14.8. The minimum Gasteiger partial charge on any atom is -0.371 e. The standard InChI is InChI=1S/C20H17NO4/c22-19-15-3-1-2-4-16(15)20(23)18-7-12(5-6-17(18)19)21(8-13-10-24-13)9-14-11-25-14/h1-7,13-14H,8-11H2. The maximum atomic E-state index is 12.9. The summed E-state index contributed by atoms with van der Waals surface area (Å²) in [4.78, 5) is 27.8. The first-order valence-corrected chi connectivity index (χ1v) is 8.51. The van der Waals surface area contributed by atoms with Gasteiger partial charge in [-0.2, -0.15) is 0 Å². The average molecular weight is 335 g/mol. The Balaban J connectivity index is 1.53. The molecule has 126 valence electrons. The van der Waals surface area contributed by atoms with Crippen LogP contribution in [-0.4, -0.2) is 50.1 Å². The second-order valence-electron chi connectivity index (χ2n) is 6.75. The Labute approximate surface area is 145 Å². The molecule has 2 saturated heterocycles. The summed E-state index contributed by atoms with van der Waals surface area (Å²) in [5.74, 6) is -0.170. The van der Waals surface area contributed by atoms with Crippen LogP contribution in [0.5, 0.6) is 0 Å². The van der Waals surface area contributed by atoms with Gasteiger partial charge in [0.25, 0.3) is 0 Å². The van der Waals surface area contributed by atoms with Crippen molar-refractivity contribution in [3.05, 3.63) is 64.7 Å². The molecule has 2 fully saturated rings. The van der Waals surface area contributed by atoms with Crippen molar-refractivity contribution in [3.8, 4) is 0 Å². The number of fused-ring (bicyclic) bond motifs is 2. The predicted molar refractivity (Wildman–Crippen MR) is 91.4 cm³/mol. The van der Waals surface area contributed by atoms with Crippen molar-refractivity contribution < 1.29 is 19.1 Å². The fraction of sp³-hybridized carbons (Fsp3) is 0.300. The summed E-state index contributed by atoms with van der Waals surface area (Å²) in [6.45, 7) is 3.10. The third kappa shape index (κ3) is 2.65. The van der Waals surface area contributed by atoms with E-state index in [1.54, 1.807) is 30.3 Å². The van der Waals surface area contributed by atoms with Crippen molar-refractivity contribution in [2.75, 3.05) is 31.2 Å². The molecule has 0 aromatic heterocycles. The third-order valence-electron chi connectivity index (χ3n) is 4.93. The van der Waals surface area contributed by atoms with E-state index in [0.717, 1.165) is 32.0 Å². The van der Waals surface area contributed by atoms with Gasteiger partial charge in [0.2, 0.25) is 0 Å². The molecule has 0 radical (unpaired) electrons. The number of carbonyl (C=O) groups excluding carboxylic acids is 2. The highest BCUT2D eigenvalue weighted by Gasteiger charge is 2.33. The number of carbonyl (C=O) groups is 2. The van der Waals surface area contributed by atoms with Crippen molar-refractivity contribution in [1.82, 2.24) is 0 Å². The Morgan fingerprint density at radius 3 is 1.88 bits per heavy atom. The van der Waals surface area contributed by atoms with Crippen LogP contribution in [0.4, 0.5) is 5.69 Å². The lowest BCUT2D eigenvalue weighted by molar-refractivity contribution is 0.0979. The van der Waals surface area contributed by atoms with Crippen molar-refractivity contribution in [2.24, 2.45) is 0 Å². The quantitative estimate of drug-likeness (QED) is 0.668. The number of anilines is 1. The first-order valence-electron chi connectivity index (χ1n) is 8.51. The summed E-state index contributed by atoms with van der Waals surface area (Å²) in [6.07, 6.45) is 0.487. The van der Waals surface area contributed by atoms with Gasteiger partial charge in [0.15, 0.2) is 11.6 Å². The van der Waals surface area contributed by atoms with Gasteiger partial charge in [-0.1, -0.05) is 24.3 Å². The molecule has 0 amide bonds. The Morgan fingerprint density at radius 1 is 0.800 bits per heavy atom. The van der Waals surface area contributed by atoms with Crippen LogP contribution in [0.3, 0.4) is 0 Å². The van der Waals surface area contributed by atoms with Gasteiger partial charge < -0.3 is 14.4 Å². The number of nitrogens with zero attached hydrogens (tertiary/aromatic N) is 1. The van der Waals surface area contributed by atoms with Crippen molar-refractivity contribution in [3.63, 3.8) is 0 Å². The Kier molecular flexibility index (Phi) is 3.26. The molecule has 2 aliphatic heterocycles. The minimum absolute atomic E-state index is 0.0839. The van der Waals surface area contributed by atoms with E-state index in [9.17, 15) is 9.59 Å². The van der Waals surface area contributed by atoms with Crippen LogP contribution in [-0.2, 0) is 9.47 Å². The van der Waals surface area contributed by atoms with Crippen molar-refractivity contribution in [1.29, 1.82) is 0 Å². The van der Waals surface area contributed by atoms with Gasteiger partial charge in [-0.15, -0.1) is 0 Å². The zero-order valence-electron chi connectivity index (χ0n) is 13.6. The average Bonchev–Trinajstić information content (AvgIpc) is 3.55. The Hall–Kier alpha value is -2.50. The Morgan fingerprint density at radius 2 is 1.32 bits per heavy atom. The molecular formula is C20H17NO4. The molecule has 3 aliphatic rings. The molecule has 5 nitrogen and oxygen atoms in total. The van der Waals surface area contributed by atoms with Crippen LogP contribution in [0.1, 0.15) is 31.8 Å². The van der Waals surface area contributed by atoms with E-state index in [1.807, 2.05) is 12.1 Å². The van der Waals surface area contributed by atoms with Gasteiger partial charge in [0.1, 0.15) is 0 Å². The van der Waals surface area contributed by atoms with Crippen LogP contribution in [0.2, 0.25) is 0 Å². The second-order valence-corrected chi connectivity index (χ2v) is 6.75. The van der Waals surface area contributed by atoms with Crippen molar-refractivity contribution in [2.45, 2.75) is 12.2 Å². The van der Waals surface area contributed by atoms with Crippen LogP contribution >= 0.6 is 0 Å². The molecule has 2 aromatic carbocycles. The summed E-state index contributed by atoms with van der Waals surface area (Å²) in [6, 6.07) is 12.6. The van der Waals surface area contributed by atoms with E-state index < -0.39 is 0 Å². The van der Waals surface area contributed by atoms with Gasteiger partial charge in [-0.05, 0) is 18.2 Å². The summed E-state index contributed by atoms with van der Waals surface area (Å²) >= 11 is 0. The van der Waals surface area contributed by atoms with Gasteiger partial charge in [-0.3, -0.25) is 9.59 Å². The van der Waals surface area contributed by atoms with Gasteiger partial charge in [-0.25, -0.2) is 0 Å². The summed E-state index contributed by atoms with van der Waals surface area (Å²) in [5.41, 5.74) is 2.88. The number of hydrogen-bond acceptors (Lipinski definition) is 5. The first-order chi connectivity index (χ1) is 12.2. The fourth-order valence-electron chi connectivity index (χ4n) is 3.41. The van der Waals surface area contributed by atoms with Crippen LogP contribution < -0.4 is 4.90 Å². The number of rotatable bonds is 5. The van der Waals surface area contributed by atoms with Crippen LogP contribution in [0.25, 0.3) is 0 Å². The molecular weight excluding hydrogens is 318 g/mol. The molecule has 0 spiro atoms. The molecule has 2 unspecified atom stereocenters. The molecule has 5 rings (SSSR count). The third-order valence-corrected chi connectivity index (χ3v) is 4.93. The van der Waals surface area contributed by atoms with Gasteiger partial charge in [0.05, 0.1) is 25.4 Å². The molecule has 0 bridgehead atoms. The molecule has 1 aliphatic carbocycles. The number of hydrogen-bond donors (Lipinski definition) is 0. The van der Waals surface area contributed by atoms with E-state index in [0.29, 0.717) is 22.3 Å². The lowest BCUT2D eigenvalue weighted by Crippen LogP contribution is -2.32. The van der Waals surface area contributed by atoms with Gasteiger partial charge in [0, 0.05) is 41.0 Å². The molecule has 0 saturated carbocycles. The fourth-order valence-corrected chi connectivity index (χ4v) is 3.41. The van der Waals surface area contributed by atoms with E-state index in [-0.39, 0.29) is 23.8 Å². The zero-order chi connectivity index (χ0) is 17.0. The molecule has 0 N–H and O–H groups in total. The Bertz CT molecular complexity index is 869. The number of ether oxygens (including phenoxy) is 2. The monoisotopic (exact) mass is 335 g/mol. The largest absolute Gasteiger partial charge is 0.371 e. The lowest BCUT2D eigenvalue weighted by atomic mass is 9.84. The molecule has 2 aromatic rings. The minimum atomic E-state index is -0.0858. The lowest BCUT2D eigenvalue weighted by Gasteiger charge is -2.25. The van der Waals surface area contributed by atoms with Crippen LogP contribution in [0, 0.1) is 0 Å². The predicted octanol–water partition coefficient (Wildman–Crippen LogP) is 2.07. The van der Waals surface area contributed by atoms with Gasteiger partial charge >= 0.3 is 0 Å². The smallest absolute Gasteiger partial charge is 0.194 e. The maximum absolute atomic E-state index is 12.9. The number of epoxide rings is 2. The molecule has 2 atom stereocenters. The normalized spacial score (nSPS) is 23.0. The maximum Gasteiger partial charge on any atom is 0.194 e. The molecule has 2 heterocycles. The van der Waals surface area contributed by atoms with Crippen molar-refractivity contribution >= 4 is 17.3 Å². The summed E-state index contributed by atoms with van der Waals surface area (Å²) in [5, 5.41) is 0. The van der Waals surface area contributed by atoms with E-state index in [2.05, 4.69) is 4.90 Å². The highest BCUT2D eigenvalue weighted by Crippen LogP contribution is 2.31. The summed E-state index contributed by atoms with van der Waals surface area (Å²) in [7, 11) is 0. The topological polar surface area (TPSA) is 62.4 Å². The number of benzene rings is 2.